The van der Waals surface area contributed by atoms with Crippen LogP contribution in [0.4, 0.5) is 5.82 Å². The Morgan fingerprint density at radius 2 is 2.26 bits per heavy atom. The van der Waals surface area contributed by atoms with E-state index in [1.807, 2.05) is 0 Å². The Kier molecular flexibility index (Phi) is 5.82. The highest BCUT2D eigenvalue weighted by Gasteiger charge is 2.21. The van der Waals surface area contributed by atoms with Crippen LogP contribution in [0.15, 0.2) is 12.5 Å². The van der Waals surface area contributed by atoms with Crippen molar-refractivity contribution in [3.63, 3.8) is 0 Å². The Hall–Kier alpha value is -0.910. The molecular weight excluding hydrogens is 264 g/mol. The van der Waals surface area contributed by atoms with Crippen LogP contribution in [0.5, 0.6) is 0 Å². The van der Waals surface area contributed by atoms with Crippen LogP contribution in [-0.2, 0) is 4.74 Å². The summed E-state index contributed by atoms with van der Waals surface area (Å²) in [5.41, 5.74) is 0. The summed E-state index contributed by atoms with van der Waals surface area (Å²) < 4.78 is 5.02. The molecule has 2 rings (SSSR count). The zero-order valence-corrected chi connectivity index (χ0v) is 12.1. The van der Waals surface area contributed by atoms with Crippen molar-refractivity contribution in [3.8, 4) is 0 Å². The average Bonchev–Trinajstić information content (AvgIpc) is 2.45. The minimum Gasteiger partial charge on any atom is -0.383 e. The molecule has 1 saturated heterocycles. The fraction of sp³-hybridized carbons (Fsp3) is 0.692. The number of anilines is 1. The first-order valence-electron chi connectivity index (χ1n) is 6.71. The molecule has 1 aliphatic heterocycles. The van der Waals surface area contributed by atoms with E-state index >= 15 is 0 Å². The van der Waals surface area contributed by atoms with Crippen LogP contribution in [-0.4, -0.2) is 49.9 Å². The van der Waals surface area contributed by atoms with Crippen LogP contribution in [0.3, 0.4) is 0 Å². The molecule has 0 atom stereocenters. The number of nitrogens with zero attached hydrogens (tertiary/aromatic N) is 3. The molecule has 1 aliphatic rings. The molecule has 0 aromatic carbocycles. The van der Waals surface area contributed by atoms with E-state index in [0.29, 0.717) is 5.02 Å². The molecule has 2 heterocycles. The van der Waals surface area contributed by atoms with Gasteiger partial charge in [-0.2, -0.15) is 0 Å². The number of hydrogen-bond donors (Lipinski definition) is 1. The second kappa shape index (κ2) is 7.62. The van der Waals surface area contributed by atoms with Gasteiger partial charge >= 0.3 is 0 Å². The number of aromatic nitrogens is 2. The van der Waals surface area contributed by atoms with Crippen LogP contribution in [0, 0.1) is 5.92 Å². The van der Waals surface area contributed by atoms with E-state index < -0.39 is 0 Å². The number of ether oxygens (including phenoxy) is 1. The summed E-state index contributed by atoms with van der Waals surface area (Å²) in [5, 5.41) is 4.06. The van der Waals surface area contributed by atoms with Crippen LogP contribution >= 0.6 is 11.6 Å². The normalized spacial score (nSPS) is 16.8. The summed E-state index contributed by atoms with van der Waals surface area (Å²) in [6, 6.07) is 0. The predicted octanol–water partition coefficient (Wildman–Crippen LogP) is 1.58. The molecule has 0 amide bonds. The number of rotatable bonds is 6. The van der Waals surface area contributed by atoms with Gasteiger partial charge in [-0.25, -0.2) is 9.97 Å². The van der Waals surface area contributed by atoms with Crippen LogP contribution < -0.4 is 10.2 Å². The minimum atomic E-state index is 0.638. The van der Waals surface area contributed by atoms with Gasteiger partial charge in [-0.05, 0) is 25.3 Å². The van der Waals surface area contributed by atoms with Crippen molar-refractivity contribution in [1.29, 1.82) is 0 Å². The minimum absolute atomic E-state index is 0.638. The van der Waals surface area contributed by atoms with E-state index in [-0.39, 0.29) is 0 Å². The smallest absolute Gasteiger partial charge is 0.150 e. The molecule has 6 heteroatoms. The molecular formula is C13H21ClN4O. The van der Waals surface area contributed by atoms with Crippen LogP contribution in [0.2, 0.25) is 5.02 Å². The van der Waals surface area contributed by atoms with Gasteiger partial charge in [0.2, 0.25) is 0 Å². The molecule has 1 aromatic rings. The fourth-order valence-electron chi connectivity index (χ4n) is 2.37. The molecule has 19 heavy (non-hydrogen) atoms. The predicted molar refractivity (Wildman–Crippen MR) is 76.7 cm³/mol. The maximum absolute atomic E-state index is 6.12. The van der Waals surface area contributed by atoms with Crippen molar-refractivity contribution in [2.45, 2.75) is 12.8 Å². The molecule has 1 N–H and O–H groups in total. The SMILES string of the molecule is COCCNCC1CCN(c2ncncc2Cl)CC1. The van der Waals surface area contributed by atoms with E-state index in [0.717, 1.165) is 44.5 Å². The van der Waals surface area contributed by atoms with Gasteiger partial charge in [-0.3, -0.25) is 0 Å². The Morgan fingerprint density at radius 3 is 2.95 bits per heavy atom. The Bertz CT molecular complexity index is 383. The van der Waals surface area contributed by atoms with Crippen molar-refractivity contribution >= 4 is 17.4 Å². The lowest BCUT2D eigenvalue weighted by molar-refractivity contribution is 0.196. The molecule has 0 unspecified atom stereocenters. The summed E-state index contributed by atoms with van der Waals surface area (Å²) in [5.74, 6) is 1.59. The molecule has 1 fully saturated rings. The zero-order chi connectivity index (χ0) is 13.5. The Labute approximate surface area is 119 Å². The summed E-state index contributed by atoms with van der Waals surface area (Å²) in [6.45, 7) is 4.78. The molecule has 106 valence electrons. The van der Waals surface area contributed by atoms with E-state index in [9.17, 15) is 0 Å². The van der Waals surface area contributed by atoms with E-state index in [1.54, 1.807) is 19.6 Å². The first kappa shape index (κ1) is 14.5. The van der Waals surface area contributed by atoms with Gasteiger partial charge in [0, 0.05) is 26.7 Å². The van der Waals surface area contributed by atoms with Gasteiger partial charge in [0.05, 0.1) is 12.8 Å². The lowest BCUT2D eigenvalue weighted by atomic mass is 9.97. The lowest BCUT2D eigenvalue weighted by Crippen LogP contribution is -2.38. The van der Waals surface area contributed by atoms with Crippen molar-refractivity contribution < 1.29 is 4.74 Å². The van der Waals surface area contributed by atoms with E-state index in [1.165, 1.54) is 12.8 Å². The van der Waals surface area contributed by atoms with E-state index in [2.05, 4.69) is 20.2 Å². The van der Waals surface area contributed by atoms with Crippen molar-refractivity contribution in [2.75, 3.05) is 44.8 Å². The summed E-state index contributed by atoms with van der Waals surface area (Å²) in [6.07, 6.45) is 5.54. The van der Waals surface area contributed by atoms with Gasteiger partial charge < -0.3 is 15.0 Å². The molecule has 5 nitrogen and oxygen atoms in total. The standard InChI is InChI=1S/C13H21ClN4O/c1-19-7-4-15-8-11-2-5-18(6-3-11)13-12(14)9-16-10-17-13/h9-11,15H,2-8H2,1H3. The second-order valence-electron chi connectivity index (χ2n) is 4.82. The van der Waals surface area contributed by atoms with Gasteiger partial charge in [-0.1, -0.05) is 11.6 Å². The number of piperidine rings is 1. The van der Waals surface area contributed by atoms with Crippen molar-refractivity contribution in [2.24, 2.45) is 5.92 Å². The molecule has 1 aromatic heterocycles. The number of nitrogens with one attached hydrogen (secondary N) is 1. The van der Waals surface area contributed by atoms with Gasteiger partial charge in [0.1, 0.15) is 11.3 Å². The zero-order valence-electron chi connectivity index (χ0n) is 11.3. The lowest BCUT2D eigenvalue weighted by Gasteiger charge is -2.33. The number of methoxy groups -OCH3 is 1. The first-order chi connectivity index (χ1) is 9.31. The molecule has 0 saturated carbocycles. The summed E-state index contributed by atoms with van der Waals surface area (Å²) in [7, 11) is 1.73. The first-order valence-corrected chi connectivity index (χ1v) is 7.09. The van der Waals surface area contributed by atoms with Gasteiger partial charge in [0.15, 0.2) is 5.82 Å². The summed E-state index contributed by atoms with van der Waals surface area (Å²) >= 11 is 6.12. The van der Waals surface area contributed by atoms with Crippen molar-refractivity contribution in [3.05, 3.63) is 17.5 Å². The Balaban J connectivity index is 1.75. The summed E-state index contributed by atoms with van der Waals surface area (Å²) in [4.78, 5) is 10.4. The van der Waals surface area contributed by atoms with Gasteiger partial charge in [0.25, 0.3) is 0 Å². The highest BCUT2D eigenvalue weighted by Crippen LogP contribution is 2.26. The second-order valence-corrected chi connectivity index (χ2v) is 5.23. The highest BCUT2D eigenvalue weighted by atomic mass is 35.5. The fourth-order valence-corrected chi connectivity index (χ4v) is 2.59. The topological polar surface area (TPSA) is 50.3 Å². The molecule has 0 radical (unpaired) electrons. The quantitative estimate of drug-likeness (QED) is 0.804. The third-order valence-electron chi connectivity index (χ3n) is 3.48. The number of hydrogen-bond acceptors (Lipinski definition) is 5. The Morgan fingerprint density at radius 1 is 1.47 bits per heavy atom. The van der Waals surface area contributed by atoms with Crippen LogP contribution in [0.25, 0.3) is 0 Å². The number of halogens is 1. The maximum Gasteiger partial charge on any atom is 0.150 e. The van der Waals surface area contributed by atoms with E-state index in [4.69, 9.17) is 16.3 Å². The average molecular weight is 285 g/mol. The van der Waals surface area contributed by atoms with Crippen LogP contribution in [0.1, 0.15) is 12.8 Å². The third kappa shape index (κ3) is 4.30. The molecule has 0 spiro atoms. The highest BCUT2D eigenvalue weighted by molar-refractivity contribution is 6.32. The molecule has 0 bridgehead atoms. The van der Waals surface area contributed by atoms with Crippen molar-refractivity contribution in [1.82, 2.24) is 15.3 Å². The molecule has 0 aliphatic carbocycles. The van der Waals surface area contributed by atoms with Gasteiger partial charge in [-0.15, -0.1) is 0 Å². The third-order valence-corrected chi connectivity index (χ3v) is 3.74. The largest absolute Gasteiger partial charge is 0.383 e. The maximum atomic E-state index is 6.12. The monoisotopic (exact) mass is 284 g/mol.